The Bertz CT molecular complexity index is 703. The van der Waals surface area contributed by atoms with Gasteiger partial charge in [0, 0.05) is 44.4 Å². The molecule has 0 spiro atoms. The van der Waals surface area contributed by atoms with Crippen LogP contribution in [0.2, 0.25) is 0 Å². The summed E-state index contributed by atoms with van der Waals surface area (Å²) in [7, 11) is 4.06. The highest BCUT2D eigenvalue weighted by atomic mass is 32.1. The standard InChI is InChI=1S/C20H26N2O2S/c1-15-6-11-19(25-15)20(23)22(14-18-5-4-12-24-18)13-16-7-9-17(10-8-16)21(2)3/h6-11,18H,4-5,12-14H2,1-3H3. The van der Waals surface area contributed by atoms with Gasteiger partial charge in [-0.1, -0.05) is 12.1 Å². The zero-order valence-electron chi connectivity index (χ0n) is 15.2. The maximum atomic E-state index is 13.0. The summed E-state index contributed by atoms with van der Waals surface area (Å²) < 4.78 is 5.77. The highest BCUT2D eigenvalue weighted by Crippen LogP contribution is 2.22. The molecule has 1 aromatic heterocycles. The lowest BCUT2D eigenvalue weighted by Crippen LogP contribution is -2.36. The molecule has 5 heteroatoms. The number of amides is 1. The predicted octanol–water partition coefficient (Wildman–Crippen LogP) is 3.94. The molecule has 134 valence electrons. The molecule has 0 bridgehead atoms. The predicted molar refractivity (Wildman–Crippen MR) is 104 cm³/mol. The summed E-state index contributed by atoms with van der Waals surface area (Å²) in [6.45, 7) is 4.11. The lowest BCUT2D eigenvalue weighted by Gasteiger charge is -2.25. The summed E-state index contributed by atoms with van der Waals surface area (Å²) >= 11 is 1.56. The normalized spacial score (nSPS) is 16.8. The number of thiophene rings is 1. The zero-order valence-corrected chi connectivity index (χ0v) is 16.0. The Balaban J connectivity index is 1.76. The van der Waals surface area contributed by atoms with Crippen molar-refractivity contribution in [1.82, 2.24) is 4.90 Å². The number of benzene rings is 1. The Kier molecular flexibility index (Phi) is 5.76. The Labute approximate surface area is 154 Å². The topological polar surface area (TPSA) is 32.8 Å². The highest BCUT2D eigenvalue weighted by molar-refractivity contribution is 7.13. The fourth-order valence-corrected chi connectivity index (χ4v) is 3.91. The first-order valence-corrected chi connectivity index (χ1v) is 9.58. The number of carbonyl (C=O) groups is 1. The van der Waals surface area contributed by atoms with Crippen LogP contribution in [0, 0.1) is 6.92 Å². The fraction of sp³-hybridized carbons (Fsp3) is 0.450. The van der Waals surface area contributed by atoms with Crippen LogP contribution in [0.25, 0.3) is 0 Å². The van der Waals surface area contributed by atoms with E-state index in [1.165, 1.54) is 0 Å². The summed E-state index contributed by atoms with van der Waals surface area (Å²) in [5.74, 6) is 0.102. The van der Waals surface area contributed by atoms with Gasteiger partial charge in [0.25, 0.3) is 5.91 Å². The number of rotatable bonds is 6. The molecule has 1 amide bonds. The molecule has 1 unspecified atom stereocenters. The Morgan fingerprint density at radius 1 is 1.20 bits per heavy atom. The van der Waals surface area contributed by atoms with E-state index in [0.29, 0.717) is 13.1 Å². The molecule has 1 aliphatic rings. The molecule has 25 heavy (non-hydrogen) atoms. The van der Waals surface area contributed by atoms with Crippen LogP contribution in [-0.4, -0.2) is 44.2 Å². The molecule has 4 nitrogen and oxygen atoms in total. The molecule has 0 aliphatic carbocycles. The molecule has 1 fully saturated rings. The Morgan fingerprint density at radius 3 is 2.52 bits per heavy atom. The van der Waals surface area contributed by atoms with Crippen molar-refractivity contribution in [3.8, 4) is 0 Å². The summed E-state index contributed by atoms with van der Waals surface area (Å²) in [4.78, 5) is 19.0. The molecule has 1 aromatic carbocycles. The van der Waals surface area contributed by atoms with Gasteiger partial charge in [0.15, 0.2) is 0 Å². The minimum Gasteiger partial charge on any atom is -0.378 e. The van der Waals surface area contributed by atoms with Gasteiger partial charge in [0.1, 0.15) is 0 Å². The van der Waals surface area contributed by atoms with E-state index < -0.39 is 0 Å². The van der Waals surface area contributed by atoms with Gasteiger partial charge in [-0.25, -0.2) is 0 Å². The molecule has 2 aromatic rings. The second-order valence-corrected chi connectivity index (χ2v) is 8.08. The van der Waals surface area contributed by atoms with E-state index in [1.54, 1.807) is 11.3 Å². The van der Waals surface area contributed by atoms with Gasteiger partial charge >= 0.3 is 0 Å². The van der Waals surface area contributed by atoms with Crippen molar-refractivity contribution >= 4 is 22.9 Å². The smallest absolute Gasteiger partial charge is 0.264 e. The summed E-state index contributed by atoms with van der Waals surface area (Å²) in [6, 6.07) is 12.3. The van der Waals surface area contributed by atoms with Crippen LogP contribution in [0.3, 0.4) is 0 Å². The molecule has 1 aliphatic heterocycles. The van der Waals surface area contributed by atoms with Gasteiger partial charge in [-0.05, 0) is 49.6 Å². The number of nitrogens with zero attached hydrogens (tertiary/aromatic N) is 2. The van der Waals surface area contributed by atoms with Gasteiger partial charge in [-0.15, -0.1) is 11.3 Å². The minimum atomic E-state index is 0.102. The third-order valence-electron chi connectivity index (χ3n) is 4.51. The Hall–Kier alpha value is -1.85. The second-order valence-electron chi connectivity index (χ2n) is 6.79. The van der Waals surface area contributed by atoms with Crippen molar-refractivity contribution in [2.45, 2.75) is 32.4 Å². The van der Waals surface area contributed by atoms with Crippen LogP contribution < -0.4 is 4.90 Å². The van der Waals surface area contributed by atoms with Crippen molar-refractivity contribution in [3.05, 3.63) is 51.7 Å². The van der Waals surface area contributed by atoms with Gasteiger partial charge in [-0.2, -0.15) is 0 Å². The largest absolute Gasteiger partial charge is 0.378 e. The summed E-state index contributed by atoms with van der Waals surface area (Å²) in [5, 5.41) is 0. The quantitative estimate of drug-likeness (QED) is 0.784. The van der Waals surface area contributed by atoms with Crippen LogP contribution in [0.4, 0.5) is 5.69 Å². The zero-order chi connectivity index (χ0) is 17.8. The molecule has 3 rings (SSSR count). The van der Waals surface area contributed by atoms with E-state index in [9.17, 15) is 4.79 Å². The summed E-state index contributed by atoms with van der Waals surface area (Å²) in [5.41, 5.74) is 2.31. The monoisotopic (exact) mass is 358 g/mol. The lowest BCUT2D eigenvalue weighted by molar-refractivity contribution is 0.0511. The number of aryl methyl sites for hydroxylation is 1. The van der Waals surface area contributed by atoms with E-state index in [-0.39, 0.29) is 12.0 Å². The van der Waals surface area contributed by atoms with Crippen molar-refractivity contribution < 1.29 is 9.53 Å². The van der Waals surface area contributed by atoms with Crippen LogP contribution in [0.5, 0.6) is 0 Å². The first kappa shape index (κ1) is 18.0. The maximum Gasteiger partial charge on any atom is 0.264 e. The SMILES string of the molecule is Cc1ccc(C(=O)N(Cc2ccc(N(C)C)cc2)CC2CCCO2)s1. The number of anilines is 1. The van der Waals surface area contributed by atoms with Gasteiger partial charge in [0.05, 0.1) is 11.0 Å². The number of ether oxygens (including phenoxy) is 1. The average molecular weight is 359 g/mol. The lowest BCUT2D eigenvalue weighted by atomic mass is 10.1. The van der Waals surface area contributed by atoms with Crippen LogP contribution in [0.1, 0.15) is 33.0 Å². The average Bonchev–Trinajstić information content (AvgIpc) is 3.26. The maximum absolute atomic E-state index is 13.0. The number of hydrogen-bond acceptors (Lipinski definition) is 4. The van der Waals surface area contributed by atoms with E-state index in [4.69, 9.17) is 4.74 Å². The molecular formula is C20H26N2O2S. The molecule has 1 atom stereocenters. The van der Waals surface area contributed by atoms with E-state index in [1.807, 2.05) is 38.1 Å². The van der Waals surface area contributed by atoms with Crippen LogP contribution in [0.15, 0.2) is 36.4 Å². The molecule has 0 radical (unpaired) electrons. The minimum absolute atomic E-state index is 0.102. The van der Waals surface area contributed by atoms with E-state index in [0.717, 1.165) is 40.5 Å². The number of hydrogen-bond donors (Lipinski definition) is 0. The van der Waals surface area contributed by atoms with Crippen LogP contribution >= 0.6 is 11.3 Å². The highest BCUT2D eigenvalue weighted by Gasteiger charge is 2.24. The van der Waals surface area contributed by atoms with E-state index in [2.05, 4.69) is 29.2 Å². The van der Waals surface area contributed by atoms with Crippen molar-refractivity contribution in [3.63, 3.8) is 0 Å². The molecule has 1 saturated heterocycles. The van der Waals surface area contributed by atoms with Crippen molar-refractivity contribution in [2.75, 3.05) is 32.1 Å². The molecule has 2 heterocycles. The first-order valence-electron chi connectivity index (χ1n) is 8.76. The molecule has 0 N–H and O–H groups in total. The third-order valence-corrected chi connectivity index (χ3v) is 5.50. The molecule has 0 saturated carbocycles. The molecular weight excluding hydrogens is 332 g/mol. The first-order chi connectivity index (χ1) is 12.0. The van der Waals surface area contributed by atoms with Crippen molar-refractivity contribution in [1.29, 1.82) is 0 Å². The second kappa shape index (κ2) is 8.02. The third kappa shape index (κ3) is 4.61. The van der Waals surface area contributed by atoms with Gasteiger partial charge < -0.3 is 14.5 Å². The van der Waals surface area contributed by atoms with Gasteiger partial charge in [0.2, 0.25) is 0 Å². The fourth-order valence-electron chi connectivity index (χ4n) is 3.08. The Morgan fingerprint density at radius 2 is 1.96 bits per heavy atom. The van der Waals surface area contributed by atoms with Gasteiger partial charge in [-0.3, -0.25) is 4.79 Å². The van der Waals surface area contributed by atoms with Crippen LogP contribution in [-0.2, 0) is 11.3 Å². The number of carbonyl (C=O) groups excluding carboxylic acids is 1. The van der Waals surface area contributed by atoms with Crippen molar-refractivity contribution in [2.24, 2.45) is 0 Å². The summed E-state index contributed by atoms with van der Waals surface area (Å²) in [6.07, 6.45) is 2.28. The van der Waals surface area contributed by atoms with E-state index >= 15 is 0 Å².